The monoisotopic (exact) mass is 441 g/mol. The zero-order chi connectivity index (χ0) is 22.8. The first-order valence-corrected chi connectivity index (χ1v) is 10.7. The molecule has 0 saturated heterocycles. The number of ketones is 1. The zero-order valence-corrected chi connectivity index (χ0v) is 17.9. The molecule has 1 saturated carbocycles. The summed E-state index contributed by atoms with van der Waals surface area (Å²) in [5.41, 5.74) is -0.468. The standard InChI is InChI=1S/C22H29F2NO6/c1-21(2)17-8-7-15(26)13-16(17)20-18(27)11-14(12-19(20)31-21)22(23,24)9-5-3-4-6-10-30-25(28)29/h11-12,16-17,27H,3-10,13H2,1-2H3/t16-,17-/m1/s1. The van der Waals surface area contributed by atoms with Crippen LogP contribution >= 0.6 is 0 Å². The summed E-state index contributed by atoms with van der Waals surface area (Å²) in [6.45, 7) is 3.75. The number of halogens is 2. The van der Waals surface area contributed by atoms with Crippen LogP contribution in [0.1, 0.15) is 82.3 Å². The Morgan fingerprint density at radius 1 is 1.29 bits per heavy atom. The number of Topliss-reactive ketones (excluding diaryl/α,β-unsaturated/α-hetero) is 1. The lowest BCUT2D eigenvalue weighted by molar-refractivity contribution is -0.757. The minimum Gasteiger partial charge on any atom is -0.508 e. The number of nitrogens with zero attached hydrogens (tertiary/aromatic N) is 1. The summed E-state index contributed by atoms with van der Waals surface area (Å²) in [5, 5.41) is 19.8. The van der Waals surface area contributed by atoms with Crippen LogP contribution in [0.4, 0.5) is 8.78 Å². The largest absolute Gasteiger partial charge is 0.508 e. The van der Waals surface area contributed by atoms with Crippen LogP contribution in [0.15, 0.2) is 12.1 Å². The highest BCUT2D eigenvalue weighted by atomic mass is 19.3. The average molecular weight is 441 g/mol. The second kappa shape index (κ2) is 8.96. The summed E-state index contributed by atoms with van der Waals surface area (Å²) in [6.07, 6.45) is 2.70. The molecule has 2 atom stereocenters. The summed E-state index contributed by atoms with van der Waals surface area (Å²) < 4.78 is 35.7. The number of fused-ring (bicyclic) bond motifs is 3. The number of phenols is 1. The second-order valence-corrected chi connectivity index (χ2v) is 9.03. The molecular weight excluding hydrogens is 412 g/mol. The Hall–Kier alpha value is -2.45. The number of phenolic OH excluding ortho intramolecular Hbond substituents is 1. The van der Waals surface area contributed by atoms with Crippen molar-refractivity contribution < 1.29 is 33.3 Å². The SMILES string of the molecule is CC1(C)Oc2cc(C(F)(F)CCCCCCO[N+](=O)[O-])cc(O)c2[C@@H]2CC(=O)CC[C@H]21. The van der Waals surface area contributed by atoms with E-state index in [9.17, 15) is 28.8 Å². The van der Waals surface area contributed by atoms with Gasteiger partial charge in [0.1, 0.15) is 22.9 Å². The summed E-state index contributed by atoms with van der Waals surface area (Å²) in [4.78, 5) is 26.3. The Bertz CT molecular complexity index is 842. The molecule has 7 nitrogen and oxygen atoms in total. The molecule has 172 valence electrons. The van der Waals surface area contributed by atoms with Crippen LogP contribution in [0.3, 0.4) is 0 Å². The van der Waals surface area contributed by atoms with Crippen molar-refractivity contribution in [2.75, 3.05) is 6.61 Å². The van der Waals surface area contributed by atoms with Gasteiger partial charge in [0.2, 0.25) is 0 Å². The van der Waals surface area contributed by atoms with Crippen molar-refractivity contribution >= 4 is 5.78 Å². The molecule has 0 unspecified atom stereocenters. The Morgan fingerprint density at radius 3 is 2.71 bits per heavy atom. The van der Waals surface area contributed by atoms with Crippen molar-refractivity contribution in [3.63, 3.8) is 0 Å². The Kier molecular flexibility index (Phi) is 6.71. The van der Waals surface area contributed by atoms with Gasteiger partial charge in [-0.3, -0.25) is 4.79 Å². The van der Waals surface area contributed by atoms with E-state index in [2.05, 4.69) is 4.84 Å². The van der Waals surface area contributed by atoms with Gasteiger partial charge >= 0.3 is 0 Å². The van der Waals surface area contributed by atoms with Crippen molar-refractivity contribution in [3.8, 4) is 11.5 Å². The first kappa shape index (κ1) is 23.2. The van der Waals surface area contributed by atoms with Crippen molar-refractivity contribution in [1.29, 1.82) is 0 Å². The number of benzene rings is 1. The van der Waals surface area contributed by atoms with E-state index in [4.69, 9.17) is 4.74 Å². The fourth-order valence-corrected chi connectivity index (χ4v) is 4.87. The Morgan fingerprint density at radius 2 is 2.00 bits per heavy atom. The smallest absolute Gasteiger partial charge is 0.294 e. The van der Waals surface area contributed by atoms with Crippen molar-refractivity contribution in [1.82, 2.24) is 0 Å². The van der Waals surface area contributed by atoms with Crippen molar-refractivity contribution in [2.24, 2.45) is 5.92 Å². The van der Waals surface area contributed by atoms with Gasteiger partial charge in [-0.15, -0.1) is 10.1 Å². The maximum absolute atomic E-state index is 14.8. The second-order valence-electron chi connectivity index (χ2n) is 9.03. The molecule has 3 rings (SSSR count). The number of aromatic hydroxyl groups is 1. The number of hydrogen-bond acceptors (Lipinski definition) is 6. The fraction of sp³-hybridized carbons (Fsp3) is 0.682. The average Bonchev–Trinajstić information content (AvgIpc) is 2.65. The van der Waals surface area contributed by atoms with E-state index >= 15 is 0 Å². The molecule has 1 aliphatic heterocycles. The van der Waals surface area contributed by atoms with E-state index in [1.54, 1.807) is 0 Å². The van der Waals surface area contributed by atoms with Crippen molar-refractivity contribution in [3.05, 3.63) is 33.4 Å². The van der Waals surface area contributed by atoms with Crippen LogP contribution in [0, 0.1) is 16.0 Å². The van der Waals surface area contributed by atoms with Gasteiger partial charge in [0.05, 0.1) is 6.61 Å². The minimum atomic E-state index is -3.16. The third-order valence-corrected chi connectivity index (χ3v) is 6.43. The van der Waals surface area contributed by atoms with Crippen LogP contribution in [-0.4, -0.2) is 28.2 Å². The third-order valence-electron chi connectivity index (χ3n) is 6.43. The van der Waals surface area contributed by atoms with Gasteiger partial charge < -0.3 is 14.7 Å². The molecule has 0 amide bonds. The van der Waals surface area contributed by atoms with Gasteiger partial charge in [-0.2, -0.15) is 0 Å². The highest BCUT2D eigenvalue weighted by Gasteiger charge is 2.48. The molecule has 1 aromatic carbocycles. The molecule has 31 heavy (non-hydrogen) atoms. The molecule has 0 radical (unpaired) electrons. The predicted molar refractivity (Wildman–Crippen MR) is 108 cm³/mol. The lowest BCUT2D eigenvalue weighted by Crippen LogP contribution is -2.47. The molecular formula is C22H29F2NO6. The number of rotatable bonds is 9. The summed E-state index contributed by atoms with van der Waals surface area (Å²) in [5.74, 6) is -3.26. The molecule has 0 bridgehead atoms. The number of ether oxygens (including phenoxy) is 1. The Balaban J connectivity index is 1.70. The number of hydrogen-bond donors (Lipinski definition) is 1. The predicted octanol–water partition coefficient (Wildman–Crippen LogP) is 5.27. The van der Waals surface area contributed by atoms with Crippen LogP contribution in [-0.2, 0) is 15.6 Å². The van der Waals surface area contributed by atoms with E-state index in [0.29, 0.717) is 37.7 Å². The van der Waals surface area contributed by atoms with Crippen LogP contribution in [0.5, 0.6) is 11.5 Å². The number of alkyl halides is 2. The van der Waals surface area contributed by atoms with E-state index in [1.165, 1.54) is 6.07 Å². The summed E-state index contributed by atoms with van der Waals surface area (Å²) in [7, 11) is 0. The van der Waals surface area contributed by atoms with Gasteiger partial charge in [0.15, 0.2) is 0 Å². The highest BCUT2D eigenvalue weighted by molar-refractivity contribution is 5.81. The fourth-order valence-electron chi connectivity index (χ4n) is 4.87. The Labute approximate surface area is 179 Å². The molecule has 1 heterocycles. The van der Waals surface area contributed by atoms with Gasteiger partial charge in [0.25, 0.3) is 11.0 Å². The van der Waals surface area contributed by atoms with E-state index in [0.717, 1.165) is 6.07 Å². The summed E-state index contributed by atoms with van der Waals surface area (Å²) in [6, 6.07) is 2.40. The molecule has 0 spiro atoms. The van der Waals surface area contributed by atoms with E-state index in [1.807, 2.05) is 13.8 Å². The lowest BCUT2D eigenvalue weighted by atomic mass is 9.66. The molecule has 1 aliphatic carbocycles. The van der Waals surface area contributed by atoms with Crippen LogP contribution < -0.4 is 4.74 Å². The minimum absolute atomic E-state index is 0.0363. The topological polar surface area (TPSA) is 98.9 Å². The number of unbranched alkanes of at least 4 members (excludes halogenated alkanes) is 3. The quantitative estimate of drug-likeness (QED) is 0.319. The van der Waals surface area contributed by atoms with E-state index in [-0.39, 0.29) is 54.1 Å². The third kappa shape index (κ3) is 5.25. The first-order chi connectivity index (χ1) is 14.5. The number of carbonyl (C=O) groups is 1. The molecule has 1 aromatic rings. The van der Waals surface area contributed by atoms with Gasteiger partial charge in [-0.1, -0.05) is 12.8 Å². The molecule has 0 aromatic heterocycles. The van der Waals surface area contributed by atoms with Crippen LogP contribution in [0.25, 0.3) is 0 Å². The molecule has 1 fully saturated rings. The molecule has 9 heteroatoms. The normalized spacial score (nSPS) is 22.3. The molecule has 2 aliphatic rings. The lowest BCUT2D eigenvalue weighted by Gasteiger charge is -2.47. The maximum atomic E-state index is 14.8. The summed E-state index contributed by atoms with van der Waals surface area (Å²) >= 11 is 0. The van der Waals surface area contributed by atoms with Gasteiger partial charge in [-0.25, -0.2) is 8.78 Å². The van der Waals surface area contributed by atoms with Crippen molar-refractivity contribution in [2.45, 2.75) is 82.7 Å². The first-order valence-electron chi connectivity index (χ1n) is 10.7. The molecule has 1 N–H and O–H groups in total. The zero-order valence-electron chi connectivity index (χ0n) is 17.9. The van der Waals surface area contributed by atoms with Gasteiger partial charge in [0, 0.05) is 42.2 Å². The highest BCUT2D eigenvalue weighted by Crippen LogP contribution is 2.54. The number of carbonyl (C=O) groups excluding carboxylic acids is 1. The van der Waals surface area contributed by atoms with Gasteiger partial charge in [-0.05, 0) is 45.2 Å². The maximum Gasteiger partial charge on any atom is 0.294 e. The van der Waals surface area contributed by atoms with Crippen LogP contribution in [0.2, 0.25) is 0 Å². The van der Waals surface area contributed by atoms with E-state index < -0.39 is 23.0 Å².